The molecule has 1 aromatic rings. The molecule has 162 valence electrons. The Hall–Kier alpha value is -1.92. The summed E-state index contributed by atoms with van der Waals surface area (Å²) >= 11 is 0. The number of hydrogen-bond donors (Lipinski definition) is 0. The number of rotatable bonds is 4. The monoisotopic (exact) mass is 412 g/mol. The van der Waals surface area contributed by atoms with Crippen molar-refractivity contribution in [1.29, 1.82) is 0 Å². The summed E-state index contributed by atoms with van der Waals surface area (Å²) in [6.45, 7) is 3.42. The molecule has 0 bridgehead atoms. The number of amides is 1. The number of likely N-dealkylation sites (tertiary alicyclic amines) is 1. The third-order valence-corrected chi connectivity index (χ3v) is 7.79. The molecule has 1 amide bonds. The van der Waals surface area contributed by atoms with Gasteiger partial charge in [-0.1, -0.05) is 12.1 Å². The van der Waals surface area contributed by atoms with Gasteiger partial charge in [0.2, 0.25) is 5.91 Å². The Bertz CT molecular complexity index is 826. The molecule has 3 heterocycles. The lowest BCUT2D eigenvalue weighted by molar-refractivity contribution is -0.136. The van der Waals surface area contributed by atoms with Crippen molar-refractivity contribution in [3.63, 3.8) is 0 Å². The lowest BCUT2D eigenvalue weighted by Gasteiger charge is -2.48. The summed E-state index contributed by atoms with van der Waals surface area (Å²) in [4.78, 5) is 29.8. The van der Waals surface area contributed by atoms with Gasteiger partial charge in [-0.05, 0) is 69.7 Å². The van der Waals surface area contributed by atoms with Crippen LogP contribution in [0.15, 0.2) is 18.2 Å². The van der Waals surface area contributed by atoms with Crippen LogP contribution in [0.2, 0.25) is 0 Å². The second-order valence-corrected chi connectivity index (χ2v) is 9.46. The molecule has 0 radical (unpaired) electrons. The van der Waals surface area contributed by atoms with E-state index in [0.29, 0.717) is 18.0 Å². The molecule has 3 fully saturated rings. The highest BCUT2D eigenvalue weighted by atomic mass is 16.5. The van der Waals surface area contributed by atoms with Gasteiger partial charge >= 0.3 is 5.97 Å². The molecule has 0 unspecified atom stereocenters. The highest BCUT2D eigenvalue weighted by Gasteiger charge is 2.47. The van der Waals surface area contributed by atoms with Crippen LogP contribution < -0.4 is 0 Å². The van der Waals surface area contributed by atoms with Crippen molar-refractivity contribution in [2.75, 3.05) is 26.7 Å². The van der Waals surface area contributed by atoms with E-state index in [2.05, 4.69) is 4.90 Å². The number of fused-ring (bicyclic) bond motifs is 1. The second-order valence-electron chi connectivity index (χ2n) is 9.46. The minimum atomic E-state index is -0.282. The maximum atomic E-state index is 13.3. The third kappa shape index (κ3) is 3.54. The van der Waals surface area contributed by atoms with Crippen molar-refractivity contribution in [2.24, 2.45) is 0 Å². The van der Waals surface area contributed by atoms with Gasteiger partial charge in [0, 0.05) is 31.3 Å². The average Bonchev–Trinajstić information content (AvgIpc) is 3.51. The van der Waals surface area contributed by atoms with Crippen molar-refractivity contribution in [2.45, 2.75) is 75.7 Å². The molecule has 5 rings (SSSR count). The number of ether oxygens (including phenoxy) is 2. The summed E-state index contributed by atoms with van der Waals surface area (Å²) in [5.41, 5.74) is 2.43. The van der Waals surface area contributed by atoms with E-state index >= 15 is 0 Å². The quantitative estimate of drug-likeness (QED) is 0.712. The predicted octanol–water partition coefficient (Wildman–Crippen LogP) is 2.92. The summed E-state index contributed by atoms with van der Waals surface area (Å²) in [5, 5.41) is 0. The van der Waals surface area contributed by atoms with Crippen LogP contribution in [0.4, 0.5) is 0 Å². The van der Waals surface area contributed by atoms with E-state index in [-0.39, 0.29) is 30.1 Å². The Labute approximate surface area is 178 Å². The van der Waals surface area contributed by atoms with E-state index in [1.807, 2.05) is 24.1 Å². The molecule has 0 aromatic heterocycles. The first-order valence-corrected chi connectivity index (χ1v) is 11.5. The van der Waals surface area contributed by atoms with E-state index in [0.717, 1.165) is 62.9 Å². The van der Waals surface area contributed by atoms with Crippen LogP contribution in [0.25, 0.3) is 0 Å². The van der Waals surface area contributed by atoms with Gasteiger partial charge in [0.25, 0.3) is 0 Å². The van der Waals surface area contributed by atoms with Crippen molar-refractivity contribution in [3.8, 4) is 0 Å². The van der Waals surface area contributed by atoms with Gasteiger partial charge in [-0.15, -0.1) is 0 Å². The summed E-state index contributed by atoms with van der Waals surface area (Å²) in [6, 6.07) is 6.18. The van der Waals surface area contributed by atoms with Crippen molar-refractivity contribution in [3.05, 3.63) is 34.9 Å². The Kier molecular flexibility index (Phi) is 5.31. The van der Waals surface area contributed by atoms with Crippen molar-refractivity contribution < 1.29 is 19.1 Å². The topological polar surface area (TPSA) is 59.1 Å². The van der Waals surface area contributed by atoms with Crippen molar-refractivity contribution >= 4 is 11.9 Å². The Balaban J connectivity index is 1.33. The van der Waals surface area contributed by atoms with E-state index in [9.17, 15) is 9.59 Å². The average molecular weight is 413 g/mol. The molecule has 3 aliphatic heterocycles. The summed E-state index contributed by atoms with van der Waals surface area (Å²) in [5.74, 6) is -0.156. The molecule has 6 heteroatoms. The lowest BCUT2D eigenvalue weighted by Crippen LogP contribution is -2.58. The number of nitrogens with zero attached hydrogens (tertiary/aromatic N) is 2. The minimum Gasteiger partial charge on any atom is -0.457 e. The normalized spacial score (nSPS) is 31.2. The van der Waals surface area contributed by atoms with Gasteiger partial charge in [-0.3, -0.25) is 9.69 Å². The maximum Gasteiger partial charge on any atom is 0.338 e. The molecule has 1 spiro atoms. The predicted molar refractivity (Wildman–Crippen MR) is 112 cm³/mol. The Morgan fingerprint density at radius 2 is 2.07 bits per heavy atom. The molecule has 4 aliphatic rings. The maximum absolute atomic E-state index is 13.3. The van der Waals surface area contributed by atoms with Gasteiger partial charge in [0.05, 0.1) is 17.6 Å². The summed E-state index contributed by atoms with van der Waals surface area (Å²) < 4.78 is 11.4. The summed E-state index contributed by atoms with van der Waals surface area (Å²) in [6.07, 6.45) is 8.22. The van der Waals surface area contributed by atoms with Crippen LogP contribution >= 0.6 is 0 Å². The minimum absolute atomic E-state index is 0.0333. The second kappa shape index (κ2) is 7.97. The first kappa shape index (κ1) is 20.0. The number of likely N-dealkylation sites (N-methyl/N-ethyl adjacent to an activating group) is 1. The molecule has 3 atom stereocenters. The van der Waals surface area contributed by atoms with Crippen LogP contribution in [0, 0.1) is 0 Å². The van der Waals surface area contributed by atoms with E-state index < -0.39 is 0 Å². The lowest BCUT2D eigenvalue weighted by atomic mass is 9.76. The highest BCUT2D eigenvalue weighted by molar-refractivity contribution is 5.94. The molecule has 30 heavy (non-hydrogen) atoms. The standard InChI is InChI=1S/C24H32N2O4/c1-25(22(27)14-17-6-4-7-18-19(17)16-29-23(18)28)20-8-10-24(9-5-13-30-24)15-21(20)26-11-2-3-12-26/h4,6-7,20-21H,2-3,5,8-16H2,1H3/t20-,21-,24+/m0/s1. The molecule has 0 N–H and O–H groups in total. The van der Waals surface area contributed by atoms with Gasteiger partial charge in [-0.25, -0.2) is 4.79 Å². The first-order chi connectivity index (χ1) is 14.6. The van der Waals surface area contributed by atoms with Crippen LogP contribution in [0.5, 0.6) is 0 Å². The highest BCUT2D eigenvalue weighted by Crippen LogP contribution is 2.43. The van der Waals surface area contributed by atoms with Crippen molar-refractivity contribution in [1.82, 2.24) is 9.80 Å². The van der Waals surface area contributed by atoms with Gasteiger partial charge in [0.1, 0.15) is 6.61 Å². The van der Waals surface area contributed by atoms with E-state index in [1.54, 1.807) is 6.07 Å². The summed E-state index contributed by atoms with van der Waals surface area (Å²) in [7, 11) is 1.97. The Morgan fingerprint density at radius 1 is 1.23 bits per heavy atom. The van der Waals surface area contributed by atoms with Gasteiger partial charge in [-0.2, -0.15) is 0 Å². The zero-order valence-corrected chi connectivity index (χ0v) is 17.9. The third-order valence-electron chi connectivity index (χ3n) is 7.79. The molecule has 1 saturated carbocycles. The smallest absolute Gasteiger partial charge is 0.338 e. The largest absolute Gasteiger partial charge is 0.457 e. The molecule has 6 nitrogen and oxygen atoms in total. The van der Waals surface area contributed by atoms with Crippen LogP contribution in [-0.2, 0) is 27.3 Å². The number of benzene rings is 1. The zero-order chi connectivity index (χ0) is 20.7. The van der Waals surface area contributed by atoms with Gasteiger partial charge < -0.3 is 14.4 Å². The fourth-order valence-electron chi connectivity index (χ4n) is 6.08. The van der Waals surface area contributed by atoms with Crippen LogP contribution in [-0.4, -0.2) is 66.1 Å². The molecular formula is C24H32N2O4. The fraction of sp³-hybridized carbons (Fsp3) is 0.667. The number of esters is 1. The first-order valence-electron chi connectivity index (χ1n) is 11.5. The van der Waals surface area contributed by atoms with E-state index in [1.165, 1.54) is 12.8 Å². The Morgan fingerprint density at radius 3 is 2.83 bits per heavy atom. The number of carbonyl (C=O) groups is 2. The van der Waals surface area contributed by atoms with Crippen LogP contribution in [0.3, 0.4) is 0 Å². The van der Waals surface area contributed by atoms with E-state index in [4.69, 9.17) is 9.47 Å². The molecule has 1 aliphatic carbocycles. The fourth-order valence-corrected chi connectivity index (χ4v) is 6.08. The number of hydrogen-bond acceptors (Lipinski definition) is 5. The molecule has 1 aromatic carbocycles. The SMILES string of the molecule is CN(C(=O)Cc1cccc2c1COC2=O)[C@H]1CC[C@]2(CCCO2)C[C@@H]1N1CCCC1. The molecule has 2 saturated heterocycles. The van der Waals surface area contributed by atoms with Gasteiger partial charge in [0.15, 0.2) is 0 Å². The number of cyclic esters (lactones) is 1. The van der Waals surface area contributed by atoms with Crippen LogP contribution in [0.1, 0.15) is 66.4 Å². The number of carbonyl (C=O) groups excluding carboxylic acids is 2. The molecular weight excluding hydrogens is 380 g/mol. The zero-order valence-electron chi connectivity index (χ0n) is 17.9.